The molecule has 0 aromatic heterocycles. The molecule has 0 bridgehead atoms. The highest BCUT2D eigenvalue weighted by Crippen LogP contribution is 2.16. The molecular weight excluding hydrogens is 222 g/mol. The first-order chi connectivity index (χ1) is 8.43. The summed E-state index contributed by atoms with van der Waals surface area (Å²) < 4.78 is 0. The van der Waals surface area contributed by atoms with E-state index in [1.807, 2.05) is 0 Å². The minimum atomic E-state index is 0.199. The molecule has 0 saturated heterocycles. The maximum Gasteiger partial charge on any atom is 0.0584 e. The van der Waals surface area contributed by atoms with Gasteiger partial charge < -0.3 is 10.4 Å². The van der Waals surface area contributed by atoms with Crippen molar-refractivity contribution in [1.82, 2.24) is 5.32 Å². The van der Waals surface area contributed by atoms with Gasteiger partial charge in [0.05, 0.1) is 6.61 Å². The number of aryl methyl sites for hydroxylation is 3. The van der Waals surface area contributed by atoms with Gasteiger partial charge in [0.15, 0.2) is 0 Å². The van der Waals surface area contributed by atoms with E-state index in [9.17, 15) is 5.11 Å². The number of benzene rings is 1. The molecule has 0 spiro atoms. The van der Waals surface area contributed by atoms with Gasteiger partial charge in [-0.05, 0) is 49.8 Å². The lowest BCUT2D eigenvalue weighted by molar-refractivity contribution is 0.223. The summed E-state index contributed by atoms with van der Waals surface area (Å²) in [6.07, 6.45) is 1.01. The lowest BCUT2D eigenvalue weighted by atomic mass is 9.99. The highest BCUT2D eigenvalue weighted by atomic mass is 16.3. The zero-order chi connectivity index (χ0) is 13.7. The average Bonchev–Trinajstić information content (AvgIpc) is 2.25. The monoisotopic (exact) mass is 249 g/mol. The summed E-state index contributed by atoms with van der Waals surface area (Å²) in [5.41, 5.74) is 5.35. The molecule has 1 aromatic carbocycles. The Hall–Kier alpha value is -0.860. The van der Waals surface area contributed by atoms with Gasteiger partial charge in [0.1, 0.15) is 0 Å². The highest BCUT2D eigenvalue weighted by molar-refractivity contribution is 5.37. The second-order valence-electron chi connectivity index (χ2n) is 5.77. The number of hydrogen-bond acceptors (Lipinski definition) is 2. The van der Waals surface area contributed by atoms with Crippen LogP contribution < -0.4 is 5.32 Å². The summed E-state index contributed by atoms with van der Waals surface area (Å²) >= 11 is 0. The summed E-state index contributed by atoms with van der Waals surface area (Å²) in [5.74, 6) is 0.606. The number of rotatable bonds is 6. The van der Waals surface area contributed by atoms with Crippen molar-refractivity contribution in [3.05, 3.63) is 34.4 Å². The zero-order valence-electron chi connectivity index (χ0n) is 12.4. The normalized spacial score (nSPS) is 13.1. The molecule has 0 fully saturated rings. The SMILES string of the molecule is Cc1cc(C)c(CNC(CO)CC(C)C)c(C)c1. The van der Waals surface area contributed by atoms with Crippen molar-refractivity contribution >= 4 is 0 Å². The number of aliphatic hydroxyl groups excluding tert-OH is 1. The van der Waals surface area contributed by atoms with E-state index in [4.69, 9.17) is 0 Å². The van der Waals surface area contributed by atoms with Gasteiger partial charge in [0.25, 0.3) is 0 Å². The summed E-state index contributed by atoms with van der Waals surface area (Å²) in [5, 5.41) is 12.8. The first-order valence-corrected chi connectivity index (χ1v) is 6.85. The van der Waals surface area contributed by atoms with Crippen molar-refractivity contribution < 1.29 is 5.11 Å². The molecule has 2 heteroatoms. The van der Waals surface area contributed by atoms with Crippen LogP contribution in [-0.2, 0) is 6.54 Å². The largest absolute Gasteiger partial charge is 0.395 e. The van der Waals surface area contributed by atoms with Gasteiger partial charge in [-0.2, -0.15) is 0 Å². The van der Waals surface area contributed by atoms with Crippen LogP contribution in [0.2, 0.25) is 0 Å². The average molecular weight is 249 g/mol. The molecule has 1 aromatic rings. The van der Waals surface area contributed by atoms with Crippen LogP contribution in [0.4, 0.5) is 0 Å². The van der Waals surface area contributed by atoms with Gasteiger partial charge in [-0.1, -0.05) is 31.5 Å². The molecule has 0 heterocycles. The van der Waals surface area contributed by atoms with E-state index in [1.54, 1.807) is 0 Å². The summed E-state index contributed by atoms with van der Waals surface area (Å²) in [6, 6.07) is 4.64. The number of nitrogens with one attached hydrogen (secondary N) is 1. The third kappa shape index (κ3) is 4.43. The summed E-state index contributed by atoms with van der Waals surface area (Å²) in [6.45, 7) is 11.9. The van der Waals surface area contributed by atoms with Gasteiger partial charge in [-0.15, -0.1) is 0 Å². The Morgan fingerprint density at radius 3 is 2.11 bits per heavy atom. The molecule has 0 amide bonds. The van der Waals surface area contributed by atoms with Crippen LogP contribution in [0.1, 0.15) is 42.5 Å². The van der Waals surface area contributed by atoms with Crippen molar-refractivity contribution in [3.8, 4) is 0 Å². The molecule has 0 aliphatic heterocycles. The van der Waals surface area contributed by atoms with Crippen LogP contribution in [0.15, 0.2) is 12.1 Å². The van der Waals surface area contributed by atoms with Crippen molar-refractivity contribution in [2.45, 2.75) is 53.6 Å². The van der Waals surface area contributed by atoms with Gasteiger partial charge in [0, 0.05) is 12.6 Å². The van der Waals surface area contributed by atoms with Crippen LogP contribution in [0.3, 0.4) is 0 Å². The maximum absolute atomic E-state index is 9.37. The third-order valence-electron chi connectivity index (χ3n) is 3.38. The summed E-state index contributed by atoms with van der Waals surface area (Å²) in [4.78, 5) is 0. The standard InChI is InChI=1S/C16H27NO/c1-11(2)6-15(10-18)17-9-16-13(4)7-12(3)8-14(16)5/h7-8,11,15,17-18H,6,9-10H2,1-5H3. The van der Waals surface area contributed by atoms with Crippen molar-refractivity contribution in [1.29, 1.82) is 0 Å². The fourth-order valence-corrected chi connectivity index (χ4v) is 2.53. The lowest BCUT2D eigenvalue weighted by Crippen LogP contribution is -2.33. The molecule has 1 unspecified atom stereocenters. The van der Waals surface area contributed by atoms with Gasteiger partial charge in [0.2, 0.25) is 0 Å². The first kappa shape index (κ1) is 15.2. The van der Waals surface area contributed by atoms with E-state index < -0.39 is 0 Å². The zero-order valence-corrected chi connectivity index (χ0v) is 12.4. The van der Waals surface area contributed by atoms with E-state index in [1.165, 1.54) is 22.3 Å². The molecule has 0 aliphatic rings. The minimum Gasteiger partial charge on any atom is -0.395 e. The molecule has 0 aliphatic carbocycles. The second kappa shape index (κ2) is 6.91. The quantitative estimate of drug-likeness (QED) is 0.812. The summed E-state index contributed by atoms with van der Waals surface area (Å²) in [7, 11) is 0. The molecule has 2 N–H and O–H groups in total. The van der Waals surface area contributed by atoms with E-state index in [-0.39, 0.29) is 12.6 Å². The predicted octanol–water partition coefficient (Wildman–Crippen LogP) is 3.11. The Morgan fingerprint density at radius 1 is 1.11 bits per heavy atom. The molecular formula is C16H27NO. The Kier molecular flexibility index (Phi) is 5.83. The van der Waals surface area contributed by atoms with E-state index in [0.717, 1.165) is 13.0 Å². The van der Waals surface area contributed by atoms with Crippen molar-refractivity contribution in [3.63, 3.8) is 0 Å². The van der Waals surface area contributed by atoms with Crippen molar-refractivity contribution in [2.24, 2.45) is 5.92 Å². The first-order valence-electron chi connectivity index (χ1n) is 6.85. The van der Waals surface area contributed by atoms with E-state index >= 15 is 0 Å². The minimum absolute atomic E-state index is 0.199. The molecule has 102 valence electrons. The molecule has 1 rings (SSSR count). The Balaban J connectivity index is 2.68. The van der Waals surface area contributed by atoms with E-state index in [2.05, 4.69) is 52.1 Å². The molecule has 18 heavy (non-hydrogen) atoms. The second-order valence-corrected chi connectivity index (χ2v) is 5.77. The molecule has 1 atom stereocenters. The third-order valence-corrected chi connectivity index (χ3v) is 3.38. The fraction of sp³-hybridized carbons (Fsp3) is 0.625. The Labute approximate surface area is 111 Å². The van der Waals surface area contributed by atoms with Crippen LogP contribution >= 0.6 is 0 Å². The number of aliphatic hydroxyl groups is 1. The smallest absolute Gasteiger partial charge is 0.0584 e. The van der Waals surface area contributed by atoms with Gasteiger partial charge in [-0.25, -0.2) is 0 Å². The topological polar surface area (TPSA) is 32.3 Å². The molecule has 2 nitrogen and oxygen atoms in total. The van der Waals surface area contributed by atoms with E-state index in [0.29, 0.717) is 5.92 Å². The predicted molar refractivity (Wildman–Crippen MR) is 77.8 cm³/mol. The van der Waals surface area contributed by atoms with Crippen molar-refractivity contribution in [2.75, 3.05) is 6.61 Å². The van der Waals surface area contributed by atoms with Crippen LogP contribution in [0.25, 0.3) is 0 Å². The maximum atomic E-state index is 9.37. The van der Waals surface area contributed by atoms with Gasteiger partial charge >= 0.3 is 0 Å². The number of hydrogen-bond donors (Lipinski definition) is 2. The Bertz CT molecular complexity index is 362. The molecule has 0 radical (unpaired) electrons. The molecule has 0 saturated carbocycles. The Morgan fingerprint density at radius 2 is 1.67 bits per heavy atom. The van der Waals surface area contributed by atoms with Crippen LogP contribution in [-0.4, -0.2) is 17.8 Å². The highest BCUT2D eigenvalue weighted by Gasteiger charge is 2.11. The van der Waals surface area contributed by atoms with Gasteiger partial charge in [-0.3, -0.25) is 0 Å². The lowest BCUT2D eigenvalue weighted by Gasteiger charge is -2.20. The van der Waals surface area contributed by atoms with Crippen LogP contribution in [0.5, 0.6) is 0 Å². The van der Waals surface area contributed by atoms with Crippen LogP contribution in [0, 0.1) is 26.7 Å². The fourth-order valence-electron chi connectivity index (χ4n) is 2.53.